The highest BCUT2D eigenvalue weighted by Crippen LogP contribution is 2.31. The standard InChI is InChI=1S/C19H32N2/c1-5-18(20-6-2)16-11-13-17(14-12-16)21(4)19-10-8-7-9-15(19)3/h11-15,18-20H,5-10H2,1-4H3. The molecule has 0 saturated heterocycles. The number of hydrogen-bond acceptors (Lipinski definition) is 2. The molecule has 0 heterocycles. The predicted octanol–water partition coefficient (Wildman–Crippen LogP) is 4.76. The maximum atomic E-state index is 3.55. The van der Waals surface area contributed by atoms with Crippen LogP contribution in [0, 0.1) is 5.92 Å². The van der Waals surface area contributed by atoms with E-state index in [1.54, 1.807) is 0 Å². The molecule has 3 atom stereocenters. The molecule has 0 aliphatic heterocycles. The first-order valence-corrected chi connectivity index (χ1v) is 8.73. The van der Waals surface area contributed by atoms with Gasteiger partial charge in [-0.25, -0.2) is 0 Å². The molecule has 3 unspecified atom stereocenters. The Balaban J connectivity index is 2.07. The second-order valence-corrected chi connectivity index (χ2v) is 6.55. The van der Waals surface area contributed by atoms with Crippen molar-refractivity contribution in [2.45, 2.75) is 65.0 Å². The van der Waals surface area contributed by atoms with Gasteiger partial charge in [-0.2, -0.15) is 0 Å². The molecule has 0 amide bonds. The van der Waals surface area contributed by atoms with Crippen molar-refractivity contribution in [3.63, 3.8) is 0 Å². The van der Waals surface area contributed by atoms with E-state index in [4.69, 9.17) is 0 Å². The molecule has 1 aromatic carbocycles. The average Bonchev–Trinajstić information content (AvgIpc) is 2.52. The van der Waals surface area contributed by atoms with Crippen molar-refractivity contribution < 1.29 is 0 Å². The minimum absolute atomic E-state index is 0.489. The Bertz CT molecular complexity index is 412. The number of anilines is 1. The number of hydrogen-bond donors (Lipinski definition) is 1. The van der Waals surface area contributed by atoms with Gasteiger partial charge >= 0.3 is 0 Å². The second-order valence-electron chi connectivity index (χ2n) is 6.55. The third-order valence-corrected chi connectivity index (χ3v) is 5.13. The van der Waals surface area contributed by atoms with Gasteiger partial charge in [0.05, 0.1) is 0 Å². The zero-order valence-electron chi connectivity index (χ0n) is 14.2. The molecule has 118 valence electrons. The lowest BCUT2D eigenvalue weighted by molar-refractivity contribution is 0.321. The van der Waals surface area contributed by atoms with Gasteiger partial charge in [-0.3, -0.25) is 0 Å². The molecule has 2 heteroatoms. The van der Waals surface area contributed by atoms with E-state index in [9.17, 15) is 0 Å². The maximum absolute atomic E-state index is 3.55. The summed E-state index contributed by atoms with van der Waals surface area (Å²) in [6, 6.07) is 10.4. The smallest absolute Gasteiger partial charge is 0.0366 e. The summed E-state index contributed by atoms with van der Waals surface area (Å²) in [7, 11) is 2.27. The highest BCUT2D eigenvalue weighted by atomic mass is 15.1. The number of nitrogens with zero attached hydrogens (tertiary/aromatic N) is 1. The minimum Gasteiger partial charge on any atom is -0.371 e. The van der Waals surface area contributed by atoms with E-state index >= 15 is 0 Å². The Labute approximate surface area is 130 Å². The first-order valence-electron chi connectivity index (χ1n) is 8.73. The van der Waals surface area contributed by atoms with Crippen LogP contribution in [-0.2, 0) is 0 Å². The van der Waals surface area contributed by atoms with Crippen molar-refractivity contribution in [3.8, 4) is 0 Å². The van der Waals surface area contributed by atoms with Crippen molar-refractivity contribution in [1.29, 1.82) is 0 Å². The van der Waals surface area contributed by atoms with Gasteiger partial charge in [-0.15, -0.1) is 0 Å². The van der Waals surface area contributed by atoms with Gasteiger partial charge in [-0.1, -0.05) is 45.7 Å². The third kappa shape index (κ3) is 4.00. The van der Waals surface area contributed by atoms with E-state index in [2.05, 4.69) is 62.3 Å². The first kappa shape index (κ1) is 16.4. The Kier molecular flexibility index (Phi) is 6.10. The van der Waals surface area contributed by atoms with Crippen molar-refractivity contribution in [3.05, 3.63) is 29.8 Å². The summed E-state index contributed by atoms with van der Waals surface area (Å²) in [5.74, 6) is 0.813. The fraction of sp³-hybridized carbons (Fsp3) is 0.684. The van der Waals surface area contributed by atoms with Crippen LogP contribution in [0.1, 0.15) is 64.5 Å². The van der Waals surface area contributed by atoms with Crippen LogP contribution in [0.5, 0.6) is 0 Å². The van der Waals surface area contributed by atoms with E-state index in [0.717, 1.165) is 18.9 Å². The van der Waals surface area contributed by atoms with Gasteiger partial charge in [0.15, 0.2) is 0 Å². The lowest BCUT2D eigenvalue weighted by Crippen LogP contribution is -2.39. The summed E-state index contributed by atoms with van der Waals surface area (Å²) in [6.45, 7) is 7.86. The number of benzene rings is 1. The van der Waals surface area contributed by atoms with E-state index < -0.39 is 0 Å². The minimum atomic E-state index is 0.489. The van der Waals surface area contributed by atoms with Crippen LogP contribution in [0.3, 0.4) is 0 Å². The lowest BCUT2D eigenvalue weighted by Gasteiger charge is -2.37. The van der Waals surface area contributed by atoms with Crippen molar-refractivity contribution in [2.24, 2.45) is 5.92 Å². The van der Waals surface area contributed by atoms with E-state index in [1.165, 1.54) is 36.9 Å². The zero-order valence-corrected chi connectivity index (χ0v) is 14.2. The molecule has 1 aromatic rings. The van der Waals surface area contributed by atoms with Gasteiger partial charge in [0.2, 0.25) is 0 Å². The topological polar surface area (TPSA) is 15.3 Å². The van der Waals surface area contributed by atoms with Crippen molar-refractivity contribution >= 4 is 5.69 Å². The third-order valence-electron chi connectivity index (χ3n) is 5.13. The highest BCUT2D eigenvalue weighted by molar-refractivity contribution is 5.48. The summed E-state index contributed by atoms with van der Waals surface area (Å²) < 4.78 is 0. The van der Waals surface area contributed by atoms with E-state index in [0.29, 0.717) is 12.1 Å². The molecule has 1 aliphatic rings. The van der Waals surface area contributed by atoms with Crippen LogP contribution in [0.15, 0.2) is 24.3 Å². The molecule has 1 fully saturated rings. The van der Waals surface area contributed by atoms with Crippen LogP contribution < -0.4 is 10.2 Å². The van der Waals surface area contributed by atoms with Crippen LogP contribution in [0.25, 0.3) is 0 Å². The summed E-state index contributed by atoms with van der Waals surface area (Å²) >= 11 is 0. The Morgan fingerprint density at radius 1 is 1.14 bits per heavy atom. The van der Waals surface area contributed by atoms with Gasteiger partial charge in [0.1, 0.15) is 0 Å². The van der Waals surface area contributed by atoms with Crippen LogP contribution >= 0.6 is 0 Å². The monoisotopic (exact) mass is 288 g/mol. The average molecular weight is 288 g/mol. The molecular weight excluding hydrogens is 256 g/mol. The fourth-order valence-corrected chi connectivity index (χ4v) is 3.75. The normalized spacial score (nSPS) is 23.8. The maximum Gasteiger partial charge on any atom is 0.0366 e. The Hall–Kier alpha value is -1.02. The molecule has 21 heavy (non-hydrogen) atoms. The summed E-state index contributed by atoms with van der Waals surface area (Å²) in [5.41, 5.74) is 2.78. The molecule has 1 saturated carbocycles. The Morgan fingerprint density at radius 2 is 1.81 bits per heavy atom. The molecule has 1 aliphatic carbocycles. The molecule has 1 N–H and O–H groups in total. The van der Waals surface area contributed by atoms with E-state index in [1.807, 2.05) is 0 Å². The zero-order chi connectivity index (χ0) is 15.2. The van der Waals surface area contributed by atoms with Crippen molar-refractivity contribution in [1.82, 2.24) is 5.32 Å². The molecule has 0 radical (unpaired) electrons. The lowest BCUT2D eigenvalue weighted by atomic mass is 9.85. The number of rotatable bonds is 6. The number of nitrogens with one attached hydrogen (secondary N) is 1. The molecule has 2 rings (SSSR count). The molecular formula is C19H32N2. The van der Waals surface area contributed by atoms with E-state index in [-0.39, 0.29) is 0 Å². The first-order chi connectivity index (χ1) is 10.2. The fourth-order valence-electron chi connectivity index (χ4n) is 3.75. The van der Waals surface area contributed by atoms with Crippen LogP contribution in [0.4, 0.5) is 5.69 Å². The molecule has 0 bridgehead atoms. The summed E-state index contributed by atoms with van der Waals surface area (Å²) in [6.07, 6.45) is 6.66. The predicted molar refractivity (Wildman–Crippen MR) is 93.0 cm³/mol. The quantitative estimate of drug-likeness (QED) is 0.811. The van der Waals surface area contributed by atoms with Gasteiger partial charge < -0.3 is 10.2 Å². The van der Waals surface area contributed by atoms with Gasteiger partial charge in [-0.05, 0) is 49.4 Å². The van der Waals surface area contributed by atoms with Gasteiger partial charge in [0, 0.05) is 24.8 Å². The largest absolute Gasteiger partial charge is 0.371 e. The van der Waals surface area contributed by atoms with Crippen molar-refractivity contribution in [2.75, 3.05) is 18.5 Å². The molecule has 0 spiro atoms. The van der Waals surface area contributed by atoms with Gasteiger partial charge in [0.25, 0.3) is 0 Å². The van der Waals surface area contributed by atoms with Crippen LogP contribution in [0.2, 0.25) is 0 Å². The second kappa shape index (κ2) is 7.84. The SMILES string of the molecule is CCNC(CC)c1ccc(N(C)C2CCCCC2C)cc1. The molecule has 0 aromatic heterocycles. The summed E-state index contributed by atoms with van der Waals surface area (Å²) in [4.78, 5) is 2.50. The molecule has 2 nitrogen and oxygen atoms in total. The highest BCUT2D eigenvalue weighted by Gasteiger charge is 2.25. The summed E-state index contributed by atoms with van der Waals surface area (Å²) in [5, 5.41) is 3.55. The van der Waals surface area contributed by atoms with Crippen LogP contribution in [-0.4, -0.2) is 19.6 Å². The Morgan fingerprint density at radius 3 is 2.38 bits per heavy atom.